The molecular formula is C22H20N2O4S. The molecule has 7 heteroatoms. The number of carbonyl (C=O) groups is 1. The van der Waals surface area contributed by atoms with E-state index in [9.17, 15) is 18.3 Å². The molecule has 1 heterocycles. The minimum atomic E-state index is -3.26. The maximum atomic E-state index is 12.0. The molecule has 0 aliphatic rings. The molecule has 6 nitrogen and oxygen atoms in total. The number of nitrogens with two attached hydrogens (primary N) is 1. The molecule has 148 valence electrons. The van der Waals surface area contributed by atoms with Crippen LogP contribution in [0.3, 0.4) is 0 Å². The molecule has 0 atom stereocenters. The van der Waals surface area contributed by atoms with Crippen molar-refractivity contribution < 1.29 is 18.3 Å². The second kappa shape index (κ2) is 7.02. The van der Waals surface area contributed by atoms with E-state index in [2.05, 4.69) is 0 Å². The summed E-state index contributed by atoms with van der Waals surface area (Å²) >= 11 is 0. The molecular weight excluding hydrogens is 388 g/mol. The number of amides is 1. The largest absolute Gasteiger partial charge is 0.392 e. The second-order valence-corrected chi connectivity index (χ2v) is 9.09. The molecule has 3 aromatic carbocycles. The van der Waals surface area contributed by atoms with Crippen molar-refractivity contribution in [3.63, 3.8) is 0 Å². The van der Waals surface area contributed by atoms with Crippen molar-refractivity contribution in [1.82, 2.24) is 4.57 Å². The number of benzene rings is 3. The van der Waals surface area contributed by atoms with Crippen LogP contribution in [0.4, 0.5) is 0 Å². The van der Waals surface area contributed by atoms with Gasteiger partial charge in [0.25, 0.3) is 0 Å². The Kier molecular flexibility index (Phi) is 4.64. The molecule has 0 fully saturated rings. The first-order chi connectivity index (χ1) is 13.8. The molecule has 0 saturated heterocycles. The molecule has 3 N–H and O–H groups in total. The molecule has 0 radical (unpaired) electrons. The fourth-order valence-electron chi connectivity index (χ4n) is 3.69. The lowest BCUT2D eigenvalue weighted by Gasteiger charge is -2.09. The highest BCUT2D eigenvalue weighted by molar-refractivity contribution is 7.90. The van der Waals surface area contributed by atoms with Crippen molar-refractivity contribution in [2.45, 2.75) is 18.0 Å². The van der Waals surface area contributed by atoms with Crippen LogP contribution in [0.2, 0.25) is 0 Å². The Hall–Kier alpha value is -3.16. The van der Waals surface area contributed by atoms with Gasteiger partial charge in [0.1, 0.15) is 0 Å². The Bertz CT molecular complexity index is 1350. The quantitative estimate of drug-likeness (QED) is 0.530. The molecule has 0 aliphatic carbocycles. The Morgan fingerprint density at radius 2 is 1.69 bits per heavy atom. The molecule has 4 aromatic rings. The lowest BCUT2D eigenvalue weighted by Crippen LogP contribution is -2.11. The Balaban J connectivity index is 1.94. The first kappa shape index (κ1) is 19.2. The van der Waals surface area contributed by atoms with E-state index in [0.29, 0.717) is 12.1 Å². The van der Waals surface area contributed by atoms with Crippen molar-refractivity contribution in [2.24, 2.45) is 5.73 Å². The average molecular weight is 408 g/mol. The van der Waals surface area contributed by atoms with Gasteiger partial charge < -0.3 is 15.4 Å². The van der Waals surface area contributed by atoms with E-state index in [1.54, 1.807) is 36.4 Å². The predicted octanol–water partition coefficient (Wildman–Crippen LogP) is 2.84. The van der Waals surface area contributed by atoms with Crippen LogP contribution in [0.1, 0.15) is 21.5 Å². The van der Waals surface area contributed by atoms with Crippen LogP contribution in [-0.2, 0) is 23.0 Å². The number of aliphatic hydroxyl groups excluding tert-OH is 1. The first-order valence-corrected chi connectivity index (χ1v) is 10.9. The molecule has 0 unspecified atom stereocenters. The van der Waals surface area contributed by atoms with E-state index < -0.39 is 15.7 Å². The van der Waals surface area contributed by atoms with Gasteiger partial charge in [-0.1, -0.05) is 30.3 Å². The highest BCUT2D eigenvalue weighted by Crippen LogP contribution is 2.33. The van der Waals surface area contributed by atoms with E-state index in [0.717, 1.165) is 32.9 Å². The van der Waals surface area contributed by atoms with Gasteiger partial charge in [-0.25, -0.2) is 8.42 Å². The maximum absolute atomic E-state index is 12.0. The standard InChI is InChI=1S/C22H20N2O4S/c1-29(27,28)16-8-5-14(6-9-16)12-24-19-4-2-3-18(22(23)26)21(19)17-10-7-15(13-25)11-20(17)24/h2-11,25H,12-13H2,1H3,(H2,23,26). The minimum absolute atomic E-state index is 0.0940. The van der Waals surface area contributed by atoms with Gasteiger partial charge in [-0.05, 0) is 41.5 Å². The molecule has 4 rings (SSSR count). The molecule has 0 bridgehead atoms. The summed E-state index contributed by atoms with van der Waals surface area (Å²) in [5, 5.41) is 11.2. The van der Waals surface area contributed by atoms with Crippen LogP contribution in [0.15, 0.2) is 65.6 Å². The van der Waals surface area contributed by atoms with Gasteiger partial charge in [0.05, 0.1) is 17.0 Å². The lowest BCUT2D eigenvalue weighted by atomic mass is 10.0. The van der Waals surface area contributed by atoms with Gasteiger partial charge in [0.2, 0.25) is 5.91 Å². The van der Waals surface area contributed by atoms with Crippen LogP contribution < -0.4 is 5.73 Å². The van der Waals surface area contributed by atoms with Crippen molar-refractivity contribution in [3.8, 4) is 0 Å². The summed E-state index contributed by atoms with van der Waals surface area (Å²) in [5.41, 5.74) is 9.43. The fraction of sp³-hybridized carbons (Fsp3) is 0.136. The third kappa shape index (κ3) is 3.39. The second-order valence-electron chi connectivity index (χ2n) is 7.08. The number of sulfone groups is 1. The zero-order valence-electron chi connectivity index (χ0n) is 15.8. The van der Waals surface area contributed by atoms with Gasteiger partial charge in [-0.15, -0.1) is 0 Å². The van der Waals surface area contributed by atoms with Crippen LogP contribution >= 0.6 is 0 Å². The number of rotatable bonds is 5. The molecule has 0 aliphatic heterocycles. The molecule has 0 saturated carbocycles. The topological polar surface area (TPSA) is 102 Å². The van der Waals surface area contributed by atoms with Crippen LogP contribution in [0, 0.1) is 0 Å². The van der Waals surface area contributed by atoms with Crippen LogP contribution in [-0.4, -0.2) is 30.3 Å². The van der Waals surface area contributed by atoms with Gasteiger partial charge in [-0.2, -0.15) is 0 Å². The third-order valence-corrected chi connectivity index (χ3v) is 6.22. The van der Waals surface area contributed by atoms with Crippen molar-refractivity contribution >= 4 is 37.6 Å². The van der Waals surface area contributed by atoms with E-state index >= 15 is 0 Å². The SMILES string of the molecule is CS(=O)(=O)c1ccc(Cn2c3cc(CO)ccc3c3c(C(N)=O)cccc32)cc1. The van der Waals surface area contributed by atoms with E-state index in [-0.39, 0.29) is 11.5 Å². The summed E-state index contributed by atoms with van der Waals surface area (Å²) in [6.45, 7) is 0.379. The van der Waals surface area contributed by atoms with Crippen LogP contribution in [0.25, 0.3) is 21.8 Å². The smallest absolute Gasteiger partial charge is 0.249 e. The van der Waals surface area contributed by atoms with Crippen molar-refractivity contribution in [3.05, 3.63) is 77.4 Å². The number of hydrogen-bond acceptors (Lipinski definition) is 4. The summed E-state index contributed by atoms with van der Waals surface area (Å²) < 4.78 is 25.5. The monoisotopic (exact) mass is 408 g/mol. The highest BCUT2D eigenvalue weighted by atomic mass is 32.2. The number of nitrogens with zero attached hydrogens (tertiary/aromatic N) is 1. The zero-order chi connectivity index (χ0) is 20.8. The number of hydrogen-bond donors (Lipinski definition) is 2. The molecule has 1 amide bonds. The van der Waals surface area contributed by atoms with E-state index in [1.807, 2.05) is 28.8 Å². The summed E-state index contributed by atoms with van der Waals surface area (Å²) in [4.78, 5) is 12.3. The van der Waals surface area contributed by atoms with Crippen molar-refractivity contribution in [2.75, 3.05) is 6.26 Å². The number of aromatic nitrogens is 1. The number of aliphatic hydroxyl groups is 1. The fourth-order valence-corrected chi connectivity index (χ4v) is 4.32. The Morgan fingerprint density at radius 1 is 1.00 bits per heavy atom. The number of fused-ring (bicyclic) bond motifs is 3. The van der Waals surface area contributed by atoms with Gasteiger partial charge in [-0.3, -0.25) is 4.79 Å². The van der Waals surface area contributed by atoms with Gasteiger partial charge >= 0.3 is 0 Å². The van der Waals surface area contributed by atoms with E-state index in [1.165, 1.54) is 6.26 Å². The van der Waals surface area contributed by atoms with Gasteiger partial charge in [0, 0.05) is 34.7 Å². The summed E-state index contributed by atoms with van der Waals surface area (Å²) in [6.07, 6.45) is 1.18. The average Bonchev–Trinajstić information content (AvgIpc) is 3.00. The maximum Gasteiger partial charge on any atom is 0.249 e. The molecule has 1 aromatic heterocycles. The zero-order valence-corrected chi connectivity index (χ0v) is 16.6. The first-order valence-electron chi connectivity index (χ1n) is 9.03. The highest BCUT2D eigenvalue weighted by Gasteiger charge is 2.17. The third-order valence-electron chi connectivity index (χ3n) is 5.10. The van der Waals surface area contributed by atoms with Crippen LogP contribution in [0.5, 0.6) is 0 Å². The predicted molar refractivity (Wildman–Crippen MR) is 113 cm³/mol. The Labute approximate surface area is 168 Å². The van der Waals surface area contributed by atoms with E-state index in [4.69, 9.17) is 5.73 Å². The summed E-state index contributed by atoms with van der Waals surface area (Å²) in [7, 11) is -3.26. The molecule has 0 spiro atoms. The minimum Gasteiger partial charge on any atom is -0.392 e. The molecule has 29 heavy (non-hydrogen) atoms. The van der Waals surface area contributed by atoms with Crippen molar-refractivity contribution in [1.29, 1.82) is 0 Å². The summed E-state index contributed by atoms with van der Waals surface area (Å²) in [6, 6.07) is 17.8. The summed E-state index contributed by atoms with van der Waals surface area (Å²) in [5.74, 6) is -0.501. The Morgan fingerprint density at radius 3 is 2.31 bits per heavy atom. The normalized spacial score (nSPS) is 11.9. The van der Waals surface area contributed by atoms with Gasteiger partial charge in [0.15, 0.2) is 9.84 Å². The number of carbonyl (C=O) groups excluding carboxylic acids is 1. The lowest BCUT2D eigenvalue weighted by molar-refractivity contribution is 0.100. The number of primary amides is 1.